The number of aliphatic hydroxyl groups excluding tert-OH is 1. The maximum atomic E-state index is 13.1. The number of Topliss-reactive ketones (excluding diaryl/α,β-unsaturated/α-hetero) is 1. The first-order valence-electron chi connectivity index (χ1n) is 9.68. The van der Waals surface area contributed by atoms with Gasteiger partial charge in [0.25, 0.3) is 17.4 Å². The zero-order chi connectivity index (χ0) is 22.8. The van der Waals surface area contributed by atoms with Crippen LogP contribution in [-0.2, 0) is 9.59 Å². The first-order chi connectivity index (χ1) is 15.4. The lowest BCUT2D eigenvalue weighted by atomic mass is 9.94. The zero-order valence-corrected chi connectivity index (χ0v) is 17.0. The number of hydrogen-bond acceptors (Lipinski definition) is 6. The molecule has 1 N–H and O–H groups in total. The zero-order valence-electron chi connectivity index (χ0n) is 17.0. The van der Waals surface area contributed by atoms with Gasteiger partial charge in [-0.15, -0.1) is 0 Å². The Kier molecular flexibility index (Phi) is 5.43. The molecule has 1 fully saturated rings. The summed E-state index contributed by atoms with van der Waals surface area (Å²) in [6.07, 6.45) is 0. The largest absolute Gasteiger partial charge is 0.507 e. The quantitative estimate of drug-likeness (QED) is 0.213. The molecule has 8 nitrogen and oxygen atoms in total. The van der Waals surface area contributed by atoms with Gasteiger partial charge in [0.1, 0.15) is 11.5 Å². The van der Waals surface area contributed by atoms with Crippen molar-refractivity contribution in [2.24, 2.45) is 0 Å². The number of carbonyl (C=O) groups excluding carboxylic acids is 2. The van der Waals surface area contributed by atoms with Crippen LogP contribution in [0.3, 0.4) is 0 Å². The molecule has 3 aromatic carbocycles. The van der Waals surface area contributed by atoms with Gasteiger partial charge in [-0.25, -0.2) is 0 Å². The predicted octanol–water partition coefficient (Wildman–Crippen LogP) is 4.23. The molecule has 3 aromatic rings. The second-order valence-electron chi connectivity index (χ2n) is 7.05. The van der Waals surface area contributed by atoms with Crippen molar-refractivity contribution in [3.63, 3.8) is 0 Å². The van der Waals surface area contributed by atoms with E-state index in [1.807, 2.05) is 0 Å². The lowest BCUT2D eigenvalue weighted by Crippen LogP contribution is -2.29. The molecular weight excluding hydrogens is 412 g/mol. The van der Waals surface area contributed by atoms with Crippen molar-refractivity contribution in [2.75, 3.05) is 12.0 Å². The Labute approximate surface area is 183 Å². The summed E-state index contributed by atoms with van der Waals surface area (Å²) in [7, 11) is 1.45. The van der Waals surface area contributed by atoms with Crippen molar-refractivity contribution in [3.8, 4) is 5.75 Å². The molecule has 32 heavy (non-hydrogen) atoms. The van der Waals surface area contributed by atoms with Crippen molar-refractivity contribution < 1.29 is 24.4 Å². The smallest absolute Gasteiger partial charge is 0.300 e. The van der Waals surface area contributed by atoms with Crippen LogP contribution < -0.4 is 9.64 Å². The molecule has 0 bridgehead atoms. The highest BCUT2D eigenvalue weighted by Crippen LogP contribution is 2.45. The molecule has 1 saturated heterocycles. The van der Waals surface area contributed by atoms with E-state index in [1.54, 1.807) is 54.6 Å². The standard InChI is InChI=1S/C24H18N2O6/c1-32-19-13-6-5-12-18(19)21-20(22(27)15-8-3-2-4-9-15)23(28)24(29)25(21)16-10-7-11-17(14-16)26(30)31/h2-14,21,27H,1H3/t21-/m0/s1. The molecule has 0 spiro atoms. The summed E-state index contributed by atoms with van der Waals surface area (Å²) >= 11 is 0. The minimum Gasteiger partial charge on any atom is -0.507 e. The summed E-state index contributed by atoms with van der Waals surface area (Å²) in [6.45, 7) is 0. The van der Waals surface area contributed by atoms with Crippen LogP contribution in [0.1, 0.15) is 17.2 Å². The molecule has 1 aliphatic rings. The fraction of sp³-hybridized carbons (Fsp3) is 0.0833. The number of ketones is 1. The summed E-state index contributed by atoms with van der Waals surface area (Å²) in [5, 5.41) is 22.3. The van der Waals surface area contributed by atoms with Crippen LogP contribution in [0.5, 0.6) is 5.75 Å². The number of amides is 1. The van der Waals surface area contributed by atoms with Crippen molar-refractivity contribution in [3.05, 3.63) is 106 Å². The minimum absolute atomic E-state index is 0.128. The summed E-state index contributed by atoms with van der Waals surface area (Å²) in [4.78, 5) is 38.1. The first kappa shape index (κ1) is 20.8. The van der Waals surface area contributed by atoms with E-state index in [4.69, 9.17) is 4.74 Å². The van der Waals surface area contributed by atoms with Gasteiger partial charge in [0, 0.05) is 23.3 Å². The van der Waals surface area contributed by atoms with Crippen LogP contribution in [0, 0.1) is 10.1 Å². The van der Waals surface area contributed by atoms with Crippen molar-refractivity contribution >= 4 is 28.8 Å². The fourth-order valence-corrected chi connectivity index (χ4v) is 3.79. The molecule has 0 unspecified atom stereocenters. The van der Waals surface area contributed by atoms with E-state index in [-0.39, 0.29) is 22.7 Å². The highest BCUT2D eigenvalue weighted by molar-refractivity contribution is 6.51. The van der Waals surface area contributed by atoms with Gasteiger partial charge < -0.3 is 9.84 Å². The Morgan fingerprint density at radius 1 is 1.00 bits per heavy atom. The van der Waals surface area contributed by atoms with Gasteiger partial charge in [-0.2, -0.15) is 0 Å². The number of ether oxygens (including phenoxy) is 1. The van der Waals surface area contributed by atoms with Crippen LogP contribution in [-0.4, -0.2) is 28.8 Å². The van der Waals surface area contributed by atoms with E-state index in [9.17, 15) is 24.8 Å². The number of nitro benzene ring substituents is 1. The Hall–Kier alpha value is -4.46. The Morgan fingerprint density at radius 2 is 1.69 bits per heavy atom. The van der Waals surface area contributed by atoms with Gasteiger partial charge in [-0.05, 0) is 12.1 Å². The normalized spacial score (nSPS) is 17.4. The molecule has 1 aliphatic heterocycles. The van der Waals surface area contributed by atoms with Crippen LogP contribution in [0.4, 0.5) is 11.4 Å². The molecular formula is C24H18N2O6. The number of nitro groups is 1. The van der Waals surface area contributed by atoms with Gasteiger partial charge >= 0.3 is 0 Å². The third-order valence-corrected chi connectivity index (χ3v) is 5.24. The van der Waals surface area contributed by atoms with Crippen LogP contribution in [0.25, 0.3) is 5.76 Å². The van der Waals surface area contributed by atoms with Gasteiger partial charge in [-0.1, -0.05) is 54.6 Å². The van der Waals surface area contributed by atoms with E-state index in [1.165, 1.54) is 31.4 Å². The second kappa shape index (κ2) is 8.35. The topological polar surface area (TPSA) is 110 Å². The first-order valence-corrected chi connectivity index (χ1v) is 9.68. The number of anilines is 1. The number of non-ortho nitro benzene ring substituents is 1. The number of para-hydroxylation sites is 1. The second-order valence-corrected chi connectivity index (χ2v) is 7.05. The van der Waals surface area contributed by atoms with Crippen molar-refractivity contribution in [1.82, 2.24) is 0 Å². The molecule has 0 aliphatic carbocycles. The average molecular weight is 430 g/mol. The van der Waals surface area contributed by atoms with E-state index in [0.717, 1.165) is 4.90 Å². The maximum Gasteiger partial charge on any atom is 0.300 e. The highest BCUT2D eigenvalue weighted by Gasteiger charge is 2.48. The van der Waals surface area contributed by atoms with Crippen molar-refractivity contribution in [2.45, 2.75) is 6.04 Å². The molecule has 160 valence electrons. The van der Waals surface area contributed by atoms with Gasteiger partial charge in [0.05, 0.1) is 29.3 Å². The summed E-state index contributed by atoms with van der Waals surface area (Å²) in [5.41, 5.74) is 0.621. The molecule has 1 atom stereocenters. The SMILES string of the molecule is COc1ccccc1[C@H]1C(=C(O)c2ccccc2)C(=O)C(=O)N1c1cccc([N+](=O)[O-])c1. The molecule has 8 heteroatoms. The van der Waals surface area contributed by atoms with Gasteiger partial charge in [0.15, 0.2) is 0 Å². The molecule has 1 amide bonds. The molecule has 1 heterocycles. The third kappa shape index (κ3) is 3.47. The molecule has 4 rings (SSSR count). The Bertz CT molecular complexity index is 1250. The molecule has 0 aromatic heterocycles. The lowest BCUT2D eigenvalue weighted by Gasteiger charge is -2.26. The van der Waals surface area contributed by atoms with E-state index in [0.29, 0.717) is 16.9 Å². The van der Waals surface area contributed by atoms with Gasteiger partial charge in [0.2, 0.25) is 0 Å². The number of hydrogen-bond donors (Lipinski definition) is 1. The average Bonchev–Trinajstić information content (AvgIpc) is 3.09. The number of carbonyl (C=O) groups is 2. The third-order valence-electron chi connectivity index (χ3n) is 5.24. The summed E-state index contributed by atoms with van der Waals surface area (Å²) < 4.78 is 5.45. The van der Waals surface area contributed by atoms with Crippen molar-refractivity contribution in [1.29, 1.82) is 0 Å². The van der Waals surface area contributed by atoms with Crippen LogP contribution >= 0.6 is 0 Å². The van der Waals surface area contributed by atoms with Crippen LogP contribution in [0.2, 0.25) is 0 Å². The molecule has 0 radical (unpaired) electrons. The lowest BCUT2D eigenvalue weighted by molar-refractivity contribution is -0.384. The Balaban J connectivity index is 1.99. The number of aliphatic hydroxyl groups is 1. The monoisotopic (exact) mass is 430 g/mol. The number of nitrogens with zero attached hydrogens (tertiary/aromatic N) is 2. The molecule has 0 saturated carbocycles. The van der Waals surface area contributed by atoms with E-state index in [2.05, 4.69) is 0 Å². The summed E-state index contributed by atoms with van der Waals surface area (Å²) in [5.74, 6) is -1.74. The van der Waals surface area contributed by atoms with E-state index < -0.39 is 22.7 Å². The predicted molar refractivity (Wildman–Crippen MR) is 117 cm³/mol. The minimum atomic E-state index is -1.05. The number of benzene rings is 3. The Morgan fingerprint density at radius 3 is 2.38 bits per heavy atom. The van der Waals surface area contributed by atoms with Crippen LogP contribution in [0.15, 0.2) is 84.4 Å². The van der Waals surface area contributed by atoms with E-state index >= 15 is 0 Å². The summed E-state index contributed by atoms with van der Waals surface area (Å²) in [6, 6.07) is 19.6. The number of rotatable bonds is 5. The number of methoxy groups -OCH3 is 1. The fourth-order valence-electron chi connectivity index (χ4n) is 3.79. The van der Waals surface area contributed by atoms with Gasteiger partial charge in [-0.3, -0.25) is 24.6 Å². The highest BCUT2D eigenvalue weighted by atomic mass is 16.6. The maximum absolute atomic E-state index is 13.1.